The van der Waals surface area contributed by atoms with Crippen LogP contribution in [0.15, 0.2) is 18.2 Å². The molecule has 0 radical (unpaired) electrons. The van der Waals surface area contributed by atoms with Crippen LogP contribution in [0.3, 0.4) is 0 Å². The van der Waals surface area contributed by atoms with Crippen LogP contribution >= 0.6 is 0 Å². The molecule has 0 aliphatic rings. The summed E-state index contributed by atoms with van der Waals surface area (Å²) in [5.41, 5.74) is 4.53. The maximum Gasteiger partial charge on any atom is -0.0216 e. The molecule has 0 N–H and O–H groups in total. The summed E-state index contributed by atoms with van der Waals surface area (Å²) in [5, 5.41) is 0. The molecular formula is C13H20. The van der Waals surface area contributed by atoms with E-state index in [2.05, 4.69) is 45.9 Å². The van der Waals surface area contributed by atoms with Gasteiger partial charge in [-0.25, -0.2) is 0 Å². The topological polar surface area (TPSA) is 0 Å². The molecular weight excluding hydrogens is 156 g/mol. The third kappa shape index (κ3) is 2.33. The van der Waals surface area contributed by atoms with Crippen LogP contribution in [0.25, 0.3) is 0 Å². The van der Waals surface area contributed by atoms with Crippen molar-refractivity contribution in [1.29, 1.82) is 0 Å². The molecule has 0 bridgehead atoms. The Morgan fingerprint density at radius 1 is 1.23 bits per heavy atom. The first-order valence-corrected chi connectivity index (χ1v) is 5.25. The van der Waals surface area contributed by atoms with Crippen molar-refractivity contribution >= 4 is 0 Å². The normalized spacial score (nSPS) is 10.8. The first-order chi connectivity index (χ1) is 6.16. The van der Waals surface area contributed by atoms with Gasteiger partial charge in [-0.05, 0) is 36.0 Å². The zero-order valence-electron chi connectivity index (χ0n) is 9.22. The monoisotopic (exact) mass is 176 g/mol. The van der Waals surface area contributed by atoms with Crippen LogP contribution in [0.5, 0.6) is 0 Å². The minimum Gasteiger partial charge on any atom is -0.0651 e. The fourth-order valence-corrected chi connectivity index (χ4v) is 1.87. The van der Waals surface area contributed by atoms with Crippen molar-refractivity contribution in [3.05, 3.63) is 34.9 Å². The van der Waals surface area contributed by atoms with E-state index in [0.717, 1.165) is 0 Å². The Bertz CT molecular complexity index is 271. The molecule has 1 aromatic rings. The summed E-state index contributed by atoms with van der Waals surface area (Å²) in [4.78, 5) is 0. The Hall–Kier alpha value is -0.780. The van der Waals surface area contributed by atoms with Gasteiger partial charge in [0.2, 0.25) is 0 Å². The lowest BCUT2D eigenvalue weighted by Gasteiger charge is -2.13. The van der Waals surface area contributed by atoms with Gasteiger partial charge in [0, 0.05) is 0 Å². The fourth-order valence-electron chi connectivity index (χ4n) is 1.87. The SMILES string of the molecule is CCCc1cccc(C(C)C)c1C. The van der Waals surface area contributed by atoms with E-state index in [0.29, 0.717) is 5.92 Å². The van der Waals surface area contributed by atoms with Gasteiger partial charge in [-0.3, -0.25) is 0 Å². The van der Waals surface area contributed by atoms with Gasteiger partial charge >= 0.3 is 0 Å². The average Bonchev–Trinajstić information content (AvgIpc) is 2.08. The molecule has 0 fully saturated rings. The molecule has 0 aromatic heterocycles. The standard InChI is InChI=1S/C13H20/c1-5-7-12-8-6-9-13(10(2)3)11(12)4/h6,8-10H,5,7H2,1-4H3. The van der Waals surface area contributed by atoms with E-state index >= 15 is 0 Å². The number of hydrogen-bond acceptors (Lipinski definition) is 0. The van der Waals surface area contributed by atoms with Crippen LogP contribution in [0, 0.1) is 6.92 Å². The molecule has 0 aliphatic carbocycles. The number of aryl methyl sites for hydroxylation is 1. The molecule has 0 unspecified atom stereocenters. The van der Waals surface area contributed by atoms with Crippen LogP contribution in [-0.4, -0.2) is 0 Å². The van der Waals surface area contributed by atoms with Crippen molar-refractivity contribution < 1.29 is 0 Å². The van der Waals surface area contributed by atoms with E-state index in [1.165, 1.54) is 29.5 Å². The van der Waals surface area contributed by atoms with E-state index in [1.54, 1.807) is 0 Å². The Balaban J connectivity index is 3.03. The molecule has 0 saturated heterocycles. The maximum absolute atomic E-state index is 2.26. The molecule has 0 atom stereocenters. The number of benzene rings is 1. The van der Waals surface area contributed by atoms with Crippen LogP contribution in [0.1, 0.15) is 49.8 Å². The van der Waals surface area contributed by atoms with Crippen molar-refractivity contribution in [3.8, 4) is 0 Å². The summed E-state index contributed by atoms with van der Waals surface area (Å²) in [6.07, 6.45) is 2.45. The molecule has 1 aromatic carbocycles. The predicted molar refractivity (Wildman–Crippen MR) is 59.3 cm³/mol. The third-order valence-corrected chi connectivity index (χ3v) is 2.63. The van der Waals surface area contributed by atoms with Gasteiger partial charge in [-0.1, -0.05) is 45.4 Å². The molecule has 13 heavy (non-hydrogen) atoms. The average molecular weight is 176 g/mol. The molecule has 0 amide bonds. The van der Waals surface area contributed by atoms with Crippen LogP contribution in [0.2, 0.25) is 0 Å². The maximum atomic E-state index is 2.26. The van der Waals surface area contributed by atoms with Crippen LogP contribution < -0.4 is 0 Å². The van der Waals surface area contributed by atoms with Gasteiger partial charge in [-0.15, -0.1) is 0 Å². The van der Waals surface area contributed by atoms with E-state index in [9.17, 15) is 0 Å². The van der Waals surface area contributed by atoms with Crippen molar-refractivity contribution in [2.75, 3.05) is 0 Å². The molecule has 72 valence electrons. The summed E-state index contributed by atoms with van der Waals surface area (Å²) >= 11 is 0. The highest BCUT2D eigenvalue weighted by atomic mass is 14.1. The Morgan fingerprint density at radius 3 is 2.46 bits per heavy atom. The Morgan fingerprint density at radius 2 is 1.92 bits per heavy atom. The molecule has 0 heterocycles. The first-order valence-electron chi connectivity index (χ1n) is 5.25. The van der Waals surface area contributed by atoms with Gasteiger partial charge in [0.15, 0.2) is 0 Å². The van der Waals surface area contributed by atoms with Crippen LogP contribution in [-0.2, 0) is 6.42 Å². The molecule has 1 rings (SSSR count). The first kappa shape index (κ1) is 10.3. The highest BCUT2D eigenvalue weighted by Gasteiger charge is 2.05. The highest BCUT2D eigenvalue weighted by Crippen LogP contribution is 2.22. The summed E-state index contributed by atoms with van der Waals surface area (Å²) in [6.45, 7) is 9.01. The zero-order chi connectivity index (χ0) is 9.84. The minimum atomic E-state index is 0.650. The van der Waals surface area contributed by atoms with E-state index in [1.807, 2.05) is 0 Å². The number of hydrogen-bond donors (Lipinski definition) is 0. The molecule has 0 saturated carbocycles. The smallest absolute Gasteiger partial charge is 0.0216 e. The fraction of sp³-hybridized carbons (Fsp3) is 0.538. The minimum absolute atomic E-state index is 0.650. The summed E-state index contributed by atoms with van der Waals surface area (Å²) in [5.74, 6) is 0.650. The van der Waals surface area contributed by atoms with E-state index < -0.39 is 0 Å². The highest BCUT2D eigenvalue weighted by molar-refractivity contribution is 5.35. The summed E-state index contributed by atoms with van der Waals surface area (Å²) < 4.78 is 0. The largest absolute Gasteiger partial charge is 0.0651 e. The molecule has 0 aliphatic heterocycles. The lowest BCUT2D eigenvalue weighted by atomic mass is 9.93. The van der Waals surface area contributed by atoms with E-state index in [-0.39, 0.29) is 0 Å². The van der Waals surface area contributed by atoms with Crippen molar-refractivity contribution in [2.45, 2.75) is 46.5 Å². The zero-order valence-corrected chi connectivity index (χ0v) is 9.22. The third-order valence-electron chi connectivity index (χ3n) is 2.63. The van der Waals surface area contributed by atoms with Crippen molar-refractivity contribution in [3.63, 3.8) is 0 Å². The van der Waals surface area contributed by atoms with Gasteiger partial charge in [0.25, 0.3) is 0 Å². The molecule has 0 spiro atoms. The Labute approximate surface area is 82.0 Å². The second-order valence-corrected chi connectivity index (χ2v) is 4.04. The summed E-state index contributed by atoms with van der Waals surface area (Å²) in [6, 6.07) is 6.69. The molecule has 0 heteroatoms. The van der Waals surface area contributed by atoms with Crippen molar-refractivity contribution in [1.82, 2.24) is 0 Å². The second-order valence-electron chi connectivity index (χ2n) is 4.04. The van der Waals surface area contributed by atoms with Gasteiger partial charge in [0.05, 0.1) is 0 Å². The molecule has 0 nitrogen and oxygen atoms in total. The lowest BCUT2D eigenvalue weighted by Crippen LogP contribution is -1.96. The van der Waals surface area contributed by atoms with Gasteiger partial charge in [0.1, 0.15) is 0 Å². The number of rotatable bonds is 3. The predicted octanol–water partition coefficient (Wildman–Crippen LogP) is 4.07. The lowest BCUT2D eigenvalue weighted by molar-refractivity contribution is 0.839. The van der Waals surface area contributed by atoms with Gasteiger partial charge in [-0.2, -0.15) is 0 Å². The van der Waals surface area contributed by atoms with Crippen LogP contribution in [0.4, 0.5) is 0 Å². The van der Waals surface area contributed by atoms with E-state index in [4.69, 9.17) is 0 Å². The Kier molecular flexibility index (Phi) is 3.53. The van der Waals surface area contributed by atoms with Gasteiger partial charge < -0.3 is 0 Å². The van der Waals surface area contributed by atoms with Crippen molar-refractivity contribution in [2.24, 2.45) is 0 Å². The summed E-state index contributed by atoms with van der Waals surface area (Å²) in [7, 11) is 0. The second kappa shape index (κ2) is 4.45. The quantitative estimate of drug-likeness (QED) is 0.651.